The Morgan fingerprint density at radius 1 is 1.20 bits per heavy atom. The van der Waals surface area contributed by atoms with Gasteiger partial charge in [-0.3, -0.25) is 0 Å². The number of hydrogen-bond acceptors (Lipinski definition) is 3. The van der Waals surface area contributed by atoms with Gasteiger partial charge in [0.25, 0.3) is 0 Å². The summed E-state index contributed by atoms with van der Waals surface area (Å²) in [6, 6.07) is 4.54. The zero-order valence-corrected chi connectivity index (χ0v) is 8.91. The van der Waals surface area contributed by atoms with Gasteiger partial charge in [0.2, 0.25) is 0 Å². The Kier molecular flexibility index (Phi) is 2.77. The Labute approximate surface area is 89.3 Å². The first-order valence-corrected chi connectivity index (χ1v) is 5.15. The van der Waals surface area contributed by atoms with Gasteiger partial charge < -0.3 is 15.5 Å². The van der Waals surface area contributed by atoms with Gasteiger partial charge in [0.15, 0.2) is 0 Å². The van der Waals surface area contributed by atoms with Crippen LogP contribution in [0.4, 0.5) is 15.8 Å². The predicted molar refractivity (Wildman–Crippen MR) is 60.5 cm³/mol. The van der Waals surface area contributed by atoms with Gasteiger partial charge in [-0.05, 0) is 25.2 Å². The minimum absolute atomic E-state index is 0.224. The number of nitrogens with zero attached hydrogens (tertiary/aromatic N) is 2. The number of nitrogen functional groups attached to an aromatic ring is 1. The summed E-state index contributed by atoms with van der Waals surface area (Å²) in [6.07, 6.45) is 0. The molecule has 1 aliphatic rings. The van der Waals surface area contributed by atoms with E-state index in [4.69, 9.17) is 5.73 Å². The van der Waals surface area contributed by atoms with E-state index in [1.807, 2.05) is 0 Å². The SMILES string of the molecule is CN1CCN(c2cc(F)ccc2N)CC1. The minimum atomic E-state index is -0.224. The molecular weight excluding hydrogens is 193 g/mol. The fourth-order valence-corrected chi connectivity index (χ4v) is 1.84. The van der Waals surface area contributed by atoms with E-state index in [-0.39, 0.29) is 5.82 Å². The number of anilines is 2. The van der Waals surface area contributed by atoms with Crippen molar-refractivity contribution < 1.29 is 4.39 Å². The molecule has 2 N–H and O–H groups in total. The van der Waals surface area contributed by atoms with Crippen molar-refractivity contribution in [2.75, 3.05) is 43.9 Å². The normalized spacial score (nSPS) is 18.1. The van der Waals surface area contributed by atoms with Crippen LogP contribution in [0.1, 0.15) is 0 Å². The van der Waals surface area contributed by atoms with Crippen LogP contribution in [0.3, 0.4) is 0 Å². The third kappa shape index (κ3) is 2.21. The van der Waals surface area contributed by atoms with Gasteiger partial charge in [-0.2, -0.15) is 0 Å². The fourth-order valence-electron chi connectivity index (χ4n) is 1.84. The summed E-state index contributed by atoms with van der Waals surface area (Å²) < 4.78 is 13.1. The monoisotopic (exact) mass is 209 g/mol. The Morgan fingerprint density at radius 3 is 2.53 bits per heavy atom. The molecule has 0 amide bonds. The van der Waals surface area contributed by atoms with Crippen molar-refractivity contribution in [2.24, 2.45) is 0 Å². The van der Waals surface area contributed by atoms with Crippen molar-refractivity contribution >= 4 is 11.4 Å². The average Bonchev–Trinajstić information content (AvgIpc) is 2.23. The van der Waals surface area contributed by atoms with E-state index in [0.717, 1.165) is 31.9 Å². The molecule has 0 radical (unpaired) electrons. The van der Waals surface area contributed by atoms with Gasteiger partial charge in [-0.15, -0.1) is 0 Å². The van der Waals surface area contributed by atoms with Crippen molar-refractivity contribution in [2.45, 2.75) is 0 Å². The van der Waals surface area contributed by atoms with E-state index < -0.39 is 0 Å². The lowest BCUT2D eigenvalue weighted by Crippen LogP contribution is -2.44. The number of benzene rings is 1. The summed E-state index contributed by atoms with van der Waals surface area (Å²) in [7, 11) is 2.09. The number of halogens is 1. The highest BCUT2D eigenvalue weighted by Gasteiger charge is 2.16. The van der Waals surface area contributed by atoms with Crippen molar-refractivity contribution in [1.82, 2.24) is 4.90 Å². The van der Waals surface area contributed by atoms with Crippen LogP contribution in [0.5, 0.6) is 0 Å². The fraction of sp³-hybridized carbons (Fsp3) is 0.455. The van der Waals surface area contributed by atoms with Crippen LogP contribution in [-0.2, 0) is 0 Å². The van der Waals surface area contributed by atoms with Crippen LogP contribution < -0.4 is 10.6 Å². The van der Waals surface area contributed by atoms with E-state index >= 15 is 0 Å². The topological polar surface area (TPSA) is 32.5 Å². The number of nitrogens with two attached hydrogens (primary N) is 1. The molecule has 1 aromatic rings. The summed E-state index contributed by atoms with van der Waals surface area (Å²) >= 11 is 0. The van der Waals surface area contributed by atoms with Crippen molar-refractivity contribution in [3.05, 3.63) is 24.0 Å². The molecule has 0 aliphatic carbocycles. The van der Waals surface area contributed by atoms with Gasteiger partial charge in [0.1, 0.15) is 5.82 Å². The van der Waals surface area contributed by atoms with Gasteiger partial charge in [0, 0.05) is 26.2 Å². The van der Waals surface area contributed by atoms with Crippen LogP contribution in [0.25, 0.3) is 0 Å². The molecule has 1 aromatic carbocycles. The molecule has 1 heterocycles. The molecule has 2 rings (SSSR count). The third-order valence-corrected chi connectivity index (χ3v) is 2.84. The van der Waals surface area contributed by atoms with E-state index in [1.165, 1.54) is 12.1 Å². The molecule has 3 nitrogen and oxygen atoms in total. The molecule has 0 saturated carbocycles. The lowest BCUT2D eigenvalue weighted by Gasteiger charge is -2.34. The zero-order chi connectivity index (χ0) is 10.8. The molecule has 0 unspecified atom stereocenters. The van der Waals surface area contributed by atoms with Gasteiger partial charge >= 0.3 is 0 Å². The first kappa shape index (κ1) is 10.2. The van der Waals surface area contributed by atoms with Gasteiger partial charge in [0.05, 0.1) is 11.4 Å². The Hall–Kier alpha value is -1.29. The van der Waals surface area contributed by atoms with E-state index in [1.54, 1.807) is 6.07 Å². The van der Waals surface area contributed by atoms with Crippen molar-refractivity contribution in [3.8, 4) is 0 Å². The highest BCUT2D eigenvalue weighted by molar-refractivity contribution is 5.67. The maximum Gasteiger partial charge on any atom is 0.125 e. The standard InChI is InChI=1S/C11H16FN3/c1-14-4-6-15(7-5-14)11-8-9(12)2-3-10(11)13/h2-3,8H,4-7,13H2,1H3. The third-order valence-electron chi connectivity index (χ3n) is 2.84. The van der Waals surface area contributed by atoms with Crippen LogP contribution in [0, 0.1) is 5.82 Å². The van der Waals surface area contributed by atoms with Gasteiger partial charge in [-0.25, -0.2) is 4.39 Å². The summed E-state index contributed by atoms with van der Waals surface area (Å²) in [5.74, 6) is -0.224. The molecule has 1 saturated heterocycles. The van der Waals surface area contributed by atoms with Crippen molar-refractivity contribution in [1.29, 1.82) is 0 Å². The van der Waals surface area contributed by atoms with Crippen LogP contribution in [-0.4, -0.2) is 38.1 Å². The smallest absolute Gasteiger partial charge is 0.125 e. The molecule has 1 aliphatic heterocycles. The Bertz CT molecular complexity index is 346. The molecular formula is C11H16FN3. The molecule has 15 heavy (non-hydrogen) atoms. The predicted octanol–water partition coefficient (Wildman–Crippen LogP) is 1.16. The van der Waals surface area contributed by atoms with Crippen molar-refractivity contribution in [3.63, 3.8) is 0 Å². The zero-order valence-electron chi connectivity index (χ0n) is 8.91. The lowest BCUT2D eigenvalue weighted by molar-refractivity contribution is 0.313. The first-order chi connectivity index (χ1) is 7.16. The molecule has 0 atom stereocenters. The van der Waals surface area contributed by atoms with Gasteiger partial charge in [-0.1, -0.05) is 0 Å². The highest BCUT2D eigenvalue weighted by Crippen LogP contribution is 2.24. The molecule has 0 aromatic heterocycles. The summed E-state index contributed by atoms with van der Waals surface area (Å²) in [4.78, 5) is 4.39. The molecule has 1 fully saturated rings. The van der Waals surface area contributed by atoms with Crippen LogP contribution >= 0.6 is 0 Å². The number of rotatable bonds is 1. The second-order valence-corrected chi connectivity index (χ2v) is 3.99. The Balaban J connectivity index is 2.18. The maximum atomic E-state index is 13.1. The molecule has 0 bridgehead atoms. The lowest BCUT2D eigenvalue weighted by atomic mass is 10.2. The first-order valence-electron chi connectivity index (χ1n) is 5.15. The molecule has 4 heteroatoms. The number of likely N-dealkylation sites (N-methyl/N-ethyl adjacent to an activating group) is 1. The summed E-state index contributed by atoms with van der Waals surface area (Å²) in [6.45, 7) is 3.81. The second kappa shape index (κ2) is 4.06. The van der Waals surface area contributed by atoms with Crippen LogP contribution in [0.15, 0.2) is 18.2 Å². The van der Waals surface area contributed by atoms with E-state index in [0.29, 0.717) is 5.69 Å². The highest BCUT2D eigenvalue weighted by atomic mass is 19.1. The van der Waals surface area contributed by atoms with E-state index in [2.05, 4.69) is 16.8 Å². The average molecular weight is 209 g/mol. The van der Waals surface area contributed by atoms with Crippen LogP contribution in [0.2, 0.25) is 0 Å². The quantitative estimate of drug-likeness (QED) is 0.704. The molecule has 82 valence electrons. The second-order valence-electron chi connectivity index (χ2n) is 3.99. The summed E-state index contributed by atoms with van der Waals surface area (Å²) in [5, 5.41) is 0. The number of piperazine rings is 1. The number of hydrogen-bond donors (Lipinski definition) is 1. The summed E-state index contributed by atoms with van der Waals surface area (Å²) in [5.41, 5.74) is 7.31. The maximum absolute atomic E-state index is 13.1. The Morgan fingerprint density at radius 2 is 1.87 bits per heavy atom. The minimum Gasteiger partial charge on any atom is -0.397 e. The van der Waals surface area contributed by atoms with E-state index in [9.17, 15) is 4.39 Å². The molecule has 0 spiro atoms. The largest absolute Gasteiger partial charge is 0.397 e.